The maximum Gasteiger partial charge on any atom is 0.347 e. The molecule has 0 spiro atoms. The van der Waals surface area contributed by atoms with Gasteiger partial charge in [0.1, 0.15) is 4.88 Å². The Kier molecular flexibility index (Phi) is 3.05. The monoisotopic (exact) mass is 225 g/mol. The Hall–Kier alpha value is -0.900. The second-order valence-electron chi connectivity index (χ2n) is 4.09. The van der Waals surface area contributed by atoms with Crippen LogP contribution in [0.1, 0.15) is 58.4 Å². The van der Waals surface area contributed by atoms with Gasteiger partial charge in [0.25, 0.3) is 0 Å². The summed E-state index contributed by atoms with van der Waals surface area (Å²) in [6.07, 6.45) is 5.90. The number of aryl methyl sites for hydroxylation is 1. The molecule has 0 aromatic carbocycles. The normalized spacial score (nSPS) is 17.9. The van der Waals surface area contributed by atoms with Crippen LogP contribution in [-0.4, -0.2) is 16.1 Å². The van der Waals surface area contributed by atoms with E-state index in [4.69, 9.17) is 5.11 Å². The summed E-state index contributed by atoms with van der Waals surface area (Å²) in [5.74, 6) is -0.434. The number of aromatic carboxylic acids is 1. The van der Waals surface area contributed by atoms with Gasteiger partial charge in [0.05, 0.1) is 10.7 Å². The van der Waals surface area contributed by atoms with Gasteiger partial charge < -0.3 is 5.11 Å². The van der Waals surface area contributed by atoms with E-state index in [-0.39, 0.29) is 0 Å². The van der Waals surface area contributed by atoms with E-state index in [0.29, 0.717) is 10.8 Å². The number of carbonyl (C=O) groups is 1. The highest BCUT2D eigenvalue weighted by atomic mass is 32.1. The van der Waals surface area contributed by atoms with Crippen LogP contribution in [0.5, 0.6) is 0 Å². The van der Waals surface area contributed by atoms with Gasteiger partial charge in [0.2, 0.25) is 0 Å². The summed E-state index contributed by atoms with van der Waals surface area (Å²) in [6, 6.07) is 0. The molecule has 0 radical (unpaired) electrons. The molecule has 1 saturated carbocycles. The minimum atomic E-state index is -0.818. The summed E-state index contributed by atoms with van der Waals surface area (Å²) in [7, 11) is 0. The van der Waals surface area contributed by atoms with E-state index in [1.807, 2.05) is 6.92 Å². The maximum absolute atomic E-state index is 11.0. The zero-order chi connectivity index (χ0) is 10.8. The Morgan fingerprint density at radius 2 is 2.07 bits per heavy atom. The fraction of sp³-hybridized carbons (Fsp3) is 0.636. The molecule has 0 aliphatic heterocycles. The summed E-state index contributed by atoms with van der Waals surface area (Å²) in [5, 5.41) is 9.95. The molecule has 0 atom stereocenters. The van der Waals surface area contributed by atoms with E-state index in [0.717, 1.165) is 23.5 Å². The van der Waals surface area contributed by atoms with Crippen LogP contribution in [0.3, 0.4) is 0 Å². The average Bonchev–Trinajstić information content (AvgIpc) is 2.62. The van der Waals surface area contributed by atoms with Crippen molar-refractivity contribution in [3.8, 4) is 0 Å². The van der Waals surface area contributed by atoms with Gasteiger partial charge in [-0.1, -0.05) is 19.3 Å². The van der Waals surface area contributed by atoms with Gasteiger partial charge in [0, 0.05) is 5.92 Å². The number of carboxylic acid groups (broad SMARTS) is 1. The number of hydrogen-bond donors (Lipinski definition) is 1. The first-order valence-electron chi connectivity index (χ1n) is 5.39. The molecule has 2 rings (SSSR count). The third-order valence-corrected chi connectivity index (χ3v) is 3.92. The molecule has 1 fully saturated rings. The summed E-state index contributed by atoms with van der Waals surface area (Å²) < 4.78 is 0. The highest BCUT2D eigenvalue weighted by Crippen LogP contribution is 2.35. The van der Waals surface area contributed by atoms with Crippen molar-refractivity contribution in [2.45, 2.75) is 44.9 Å². The Bertz CT molecular complexity index is 367. The van der Waals surface area contributed by atoms with Crippen molar-refractivity contribution in [1.29, 1.82) is 0 Å². The Labute approximate surface area is 93.2 Å². The molecule has 0 saturated heterocycles. The van der Waals surface area contributed by atoms with Gasteiger partial charge in [-0.25, -0.2) is 9.78 Å². The van der Waals surface area contributed by atoms with E-state index in [9.17, 15) is 4.79 Å². The van der Waals surface area contributed by atoms with Crippen LogP contribution in [0.25, 0.3) is 0 Å². The highest BCUT2D eigenvalue weighted by Gasteiger charge is 2.24. The quantitative estimate of drug-likeness (QED) is 0.840. The lowest BCUT2D eigenvalue weighted by Crippen LogP contribution is -2.09. The van der Waals surface area contributed by atoms with Crippen LogP contribution in [0, 0.1) is 6.92 Å². The Morgan fingerprint density at radius 3 is 2.67 bits per heavy atom. The third-order valence-electron chi connectivity index (χ3n) is 2.95. The van der Waals surface area contributed by atoms with Gasteiger partial charge in [0.15, 0.2) is 0 Å². The van der Waals surface area contributed by atoms with Gasteiger partial charge >= 0.3 is 5.97 Å². The van der Waals surface area contributed by atoms with Crippen molar-refractivity contribution < 1.29 is 9.90 Å². The zero-order valence-corrected chi connectivity index (χ0v) is 9.64. The number of rotatable bonds is 2. The van der Waals surface area contributed by atoms with Crippen LogP contribution < -0.4 is 0 Å². The maximum atomic E-state index is 11.0. The van der Waals surface area contributed by atoms with Gasteiger partial charge in [-0.15, -0.1) is 11.3 Å². The molecule has 1 N–H and O–H groups in total. The molecular weight excluding hydrogens is 210 g/mol. The predicted octanol–water partition coefficient (Wildman–Crippen LogP) is 3.20. The van der Waals surface area contributed by atoms with Crippen molar-refractivity contribution in [1.82, 2.24) is 4.98 Å². The van der Waals surface area contributed by atoms with E-state index in [1.165, 1.54) is 30.6 Å². The topological polar surface area (TPSA) is 50.2 Å². The third kappa shape index (κ3) is 2.20. The lowest BCUT2D eigenvalue weighted by Gasteiger charge is -2.20. The summed E-state index contributed by atoms with van der Waals surface area (Å²) in [4.78, 5) is 15.9. The van der Waals surface area contributed by atoms with Crippen molar-refractivity contribution in [2.24, 2.45) is 0 Å². The molecule has 1 aliphatic carbocycles. The van der Waals surface area contributed by atoms with Crippen LogP contribution in [0.2, 0.25) is 0 Å². The number of nitrogens with zero attached hydrogens (tertiary/aromatic N) is 1. The van der Waals surface area contributed by atoms with E-state index >= 15 is 0 Å². The lowest BCUT2D eigenvalue weighted by atomic mass is 9.86. The van der Waals surface area contributed by atoms with Crippen molar-refractivity contribution in [2.75, 3.05) is 0 Å². The molecule has 3 nitrogen and oxygen atoms in total. The van der Waals surface area contributed by atoms with Gasteiger partial charge in [-0.3, -0.25) is 0 Å². The van der Waals surface area contributed by atoms with E-state index in [1.54, 1.807) is 0 Å². The number of thiazole rings is 1. The zero-order valence-electron chi connectivity index (χ0n) is 8.82. The van der Waals surface area contributed by atoms with Crippen molar-refractivity contribution in [3.63, 3.8) is 0 Å². The molecule has 0 bridgehead atoms. The minimum Gasteiger partial charge on any atom is -0.477 e. The predicted molar refractivity (Wildman–Crippen MR) is 59.6 cm³/mol. The first-order chi connectivity index (χ1) is 7.18. The molecule has 1 aromatic rings. The molecule has 1 aromatic heterocycles. The van der Waals surface area contributed by atoms with E-state index in [2.05, 4.69) is 4.98 Å². The van der Waals surface area contributed by atoms with Gasteiger partial charge in [-0.2, -0.15) is 0 Å². The Morgan fingerprint density at radius 1 is 1.40 bits per heavy atom. The van der Waals surface area contributed by atoms with Crippen molar-refractivity contribution in [3.05, 3.63) is 15.6 Å². The molecule has 4 heteroatoms. The Balaban J connectivity index is 2.28. The highest BCUT2D eigenvalue weighted by molar-refractivity contribution is 7.13. The number of carboxylic acids is 1. The summed E-state index contributed by atoms with van der Waals surface area (Å²) >= 11 is 1.31. The standard InChI is InChI=1S/C11H15NO2S/c1-7-12-9(10(15-7)11(13)14)8-5-3-2-4-6-8/h8H,2-6H2,1H3,(H,13,14). The molecule has 82 valence electrons. The fourth-order valence-corrected chi connectivity index (χ4v) is 3.09. The number of aromatic nitrogens is 1. The van der Waals surface area contributed by atoms with E-state index < -0.39 is 5.97 Å². The largest absolute Gasteiger partial charge is 0.477 e. The fourth-order valence-electron chi connectivity index (χ4n) is 2.25. The molecular formula is C11H15NO2S. The molecule has 1 heterocycles. The van der Waals surface area contributed by atoms with Crippen LogP contribution in [-0.2, 0) is 0 Å². The first kappa shape index (κ1) is 10.6. The minimum absolute atomic E-state index is 0.384. The van der Waals surface area contributed by atoms with Gasteiger partial charge in [-0.05, 0) is 19.8 Å². The summed E-state index contributed by atoms with van der Waals surface area (Å²) in [5.41, 5.74) is 0.838. The smallest absolute Gasteiger partial charge is 0.347 e. The van der Waals surface area contributed by atoms with Crippen LogP contribution in [0.4, 0.5) is 0 Å². The number of hydrogen-bond acceptors (Lipinski definition) is 3. The lowest BCUT2D eigenvalue weighted by molar-refractivity contribution is 0.0700. The SMILES string of the molecule is Cc1nc(C2CCCCC2)c(C(=O)O)s1. The average molecular weight is 225 g/mol. The molecule has 15 heavy (non-hydrogen) atoms. The molecule has 0 unspecified atom stereocenters. The molecule has 1 aliphatic rings. The second-order valence-corrected chi connectivity index (χ2v) is 5.29. The van der Waals surface area contributed by atoms with Crippen LogP contribution in [0.15, 0.2) is 0 Å². The van der Waals surface area contributed by atoms with Crippen molar-refractivity contribution >= 4 is 17.3 Å². The first-order valence-corrected chi connectivity index (χ1v) is 6.20. The van der Waals surface area contributed by atoms with Crippen LogP contribution >= 0.6 is 11.3 Å². The second kappa shape index (κ2) is 4.31. The molecule has 0 amide bonds. The summed E-state index contributed by atoms with van der Waals surface area (Å²) in [6.45, 7) is 1.88.